The molecular weight excluding hydrogens is 424 g/mol. The molecule has 0 spiro atoms. The van der Waals surface area contributed by atoms with E-state index in [2.05, 4.69) is 26.2 Å². The third kappa shape index (κ3) is 4.13. The molecule has 134 valence electrons. The lowest BCUT2D eigenvalue weighted by Gasteiger charge is -2.09. The summed E-state index contributed by atoms with van der Waals surface area (Å²) in [7, 11) is 1.87. The number of carbonyl (C=O) groups is 1. The van der Waals surface area contributed by atoms with Crippen LogP contribution in [0.25, 0.3) is 11.3 Å². The maximum Gasteiger partial charge on any atom is 0.234 e. The largest absolute Gasteiger partial charge is 0.322 e. The summed E-state index contributed by atoms with van der Waals surface area (Å²) >= 11 is 4.28. The third-order valence-corrected chi connectivity index (χ3v) is 5.29. The average Bonchev–Trinajstić information content (AvgIpc) is 2.98. The standard InChI is InChI=1S/C18H14BrF2N3OS/c1-24-15(11-5-3-2-4-6-11)9-22-18(24)26-10-16(25)23-17-13(19)7-12(20)8-14(17)21/h2-9H,10H2,1H3,(H,23,25). The summed E-state index contributed by atoms with van der Waals surface area (Å²) in [6.07, 6.45) is 1.74. The van der Waals surface area contributed by atoms with Crippen molar-refractivity contribution in [3.63, 3.8) is 0 Å². The first-order valence-electron chi connectivity index (χ1n) is 7.60. The van der Waals surface area contributed by atoms with Gasteiger partial charge in [-0.2, -0.15) is 0 Å². The van der Waals surface area contributed by atoms with Crippen LogP contribution in [0.15, 0.2) is 58.3 Å². The van der Waals surface area contributed by atoms with E-state index in [-0.39, 0.29) is 15.9 Å². The van der Waals surface area contributed by atoms with Gasteiger partial charge in [-0.1, -0.05) is 42.1 Å². The SMILES string of the molecule is Cn1c(-c2ccccc2)cnc1SCC(=O)Nc1c(F)cc(F)cc1Br. The molecule has 0 aliphatic heterocycles. The molecule has 1 heterocycles. The quantitative estimate of drug-likeness (QED) is 0.579. The molecule has 0 saturated carbocycles. The van der Waals surface area contributed by atoms with Gasteiger partial charge in [0.25, 0.3) is 0 Å². The van der Waals surface area contributed by atoms with Gasteiger partial charge >= 0.3 is 0 Å². The van der Waals surface area contributed by atoms with Gasteiger partial charge < -0.3 is 9.88 Å². The predicted molar refractivity (Wildman–Crippen MR) is 102 cm³/mol. The number of amides is 1. The number of hydrogen-bond donors (Lipinski definition) is 1. The summed E-state index contributed by atoms with van der Waals surface area (Å²) in [6, 6.07) is 11.6. The Hall–Kier alpha value is -2.19. The lowest BCUT2D eigenvalue weighted by Crippen LogP contribution is -2.16. The molecule has 0 saturated heterocycles. The highest BCUT2D eigenvalue weighted by Crippen LogP contribution is 2.28. The number of thioether (sulfide) groups is 1. The minimum Gasteiger partial charge on any atom is -0.322 e. The van der Waals surface area contributed by atoms with Gasteiger partial charge in [-0.25, -0.2) is 13.8 Å². The van der Waals surface area contributed by atoms with E-state index in [1.54, 1.807) is 6.20 Å². The maximum atomic E-state index is 13.8. The van der Waals surface area contributed by atoms with Crippen LogP contribution < -0.4 is 5.32 Å². The number of anilines is 1. The summed E-state index contributed by atoms with van der Waals surface area (Å²) < 4.78 is 28.9. The minimum absolute atomic E-state index is 0.0440. The first kappa shape index (κ1) is 18.6. The second kappa shape index (κ2) is 8.01. The summed E-state index contributed by atoms with van der Waals surface area (Å²) in [5, 5.41) is 3.11. The van der Waals surface area contributed by atoms with E-state index in [1.807, 2.05) is 41.9 Å². The lowest BCUT2D eigenvalue weighted by molar-refractivity contribution is -0.113. The van der Waals surface area contributed by atoms with Crippen LogP contribution in [0, 0.1) is 11.6 Å². The molecular formula is C18H14BrF2N3OS. The van der Waals surface area contributed by atoms with E-state index in [0.717, 1.165) is 23.4 Å². The highest BCUT2D eigenvalue weighted by atomic mass is 79.9. The number of carbonyl (C=O) groups excluding carboxylic acids is 1. The Morgan fingerprint density at radius 1 is 1.27 bits per heavy atom. The lowest BCUT2D eigenvalue weighted by atomic mass is 10.2. The van der Waals surface area contributed by atoms with Crippen LogP contribution in [0.2, 0.25) is 0 Å². The summed E-state index contributed by atoms with van der Waals surface area (Å²) in [6.45, 7) is 0. The number of halogens is 3. The van der Waals surface area contributed by atoms with Gasteiger partial charge in [0.1, 0.15) is 5.82 Å². The van der Waals surface area contributed by atoms with Crippen LogP contribution in [0.4, 0.5) is 14.5 Å². The van der Waals surface area contributed by atoms with Crippen LogP contribution in [0.1, 0.15) is 0 Å². The molecule has 3 rings (SSSR count). The fraction of sp³-hybridized carbons (Fsp3) is 0.111. The minimum atomic E-state index is -0.835. The zero-order valence-corrected chi connectivity index (χ0v) is 16.1. The van der Waals surface area contributed by atoms with Crippen molar-refractivity contribution in [2.75, 3.05) is 11.1 Å². The van der Waals surface area contributed by atoms with Gasteiger partial charge in [0.05, 0.1) is 23.3 Å². The smallest absolute Gasteiger partial charge is 0.234 e. The van der Waals surface area contributed by atoms with Gasteiger partial charge in [-0.3, -0.25) is 4.79 Å². The Morgan fingerprint density at radius 3 is 2.69 bits per heavy atom. The Kier molecular flexibility index (Phi) is 5.73. The Labute approximate surface area is 161 Å². The van der Waals surface area contributed by atoms with E-state index in [0.29, 0.717) is 5.16 Å². The topological polar surface area (TPSA) is 46.9 Å². The molecule has 3 aromatic rings. The molecule has 0 bridgehead atoms. The average molecular weight is 438 g/mol. The molecule has 0 aliphatic rings. The zero-order valence-electron chi connectivity index (χ0n) is 13.7. The number of nitrogens with one attached hydrogen (secondary N) is 1. The Balaban J connectivity index is 1.67. The van der Waals surface area contributed by atoms with Crippen molar-refractivity contribution in [3.8, 4) is 11.3 Å². The van der Waals surface area contributed by atoms with Gasteiger partial charge in [-0.05, 0) is 27.6 Å². The highest BCUT2D eigenvalue weighted by Gasteiger charge is 2.15. The number of benzene rings is 2. The molecule has 26 heavy (non-hydrogen) atoms. The molecule has 1 aromatic heterocycles. The van der Waals surface area contributed by atoms with Crippen LogP contribution in [-0.2, 0) is 11.8 Å². The van der Waals surface area contributed by atoms with E-state index < -0.39 is 17.5 Å². The molecule has 1 N–H and O–H groups in total. The van der Waals surface area contributed by atoms with Crippen LogP contribution >= 0.6 is 27.7 Å². The number of aromatic nitrogens is 2. The van der Waals surface area contributed by atoms with Crippen molar-refractivity contribution < 1.29 is 13.6 Å². The van der Waals surface area contributed by atoms with Crippen molar-refractivity contribution in [1.29, 1.82) is 0 Å². The van der Waals surface area contributed by atoms with E-state index in [9.17, 15) is 13.6 Å². The summed E-state index contributed by atoms with van der Waals surface area (Å²) in [5.41, 5.74) is 1.87. The molecule has 0 aliphatic carbocycles. The molecule has 0 atom stereocenters. The van der Waals surface area contributed by atoms with Gasteiger partial charge in [0, 0.05) is 17.6 Å². The molecule has 4 nitrogen and oxygen atoms in total. The Bertz CT molecular complexity index is 924. The van der Waals surface area contributed by atoms with Crippen LogP contribution in [0.5, 0.6) is 0 Å². The normalized spacial score (nSPS) is 10.8. The van der Waals surface area contributed by atoms with E-state index >= 15 is 0 Å². The number of hydrogen-bond acceptors (Lipinski definition) is 3. The molecule has 0 fully saturated rings. The van der Waals surface area contributed by atoms with Crippen molar-refractivity contribution >= 4 is 39.3 Å². The van der Waals surface area contributed by atoms with Crippen molar-refractivity contribution in [2.24, 2.45) is 7.05 Å². The first-order chi connectivity index (χ1) is 12.5. The first-order valence-corrected chi connectivity index (χ1v) is 9.38. The highest BCUT2D eigenvalue weighted by molar-refractivity contribution is 9.10. The monoisotopic (exact) mass is 437 g/mol. The second-order valence-electron chi connectivity index (χ2n) is 5.43. The van der Waals surface area contributed by atoms with Crippen molar-refractivity contribution in [3.05, 3.63) is 64.8 Å². The van der Waals surface area contributed by atoms with Gasteiger partial charge in [0.2, 0.25) is 5.91 Å². The zero-order chi connectivity index (χ0) is 18.7. The van der Waals surface area contributed by atoms with Crippen LogP contribution in [-0.4, -0.2) is 21.2 Å². The molecule has 1 amide bonds. The molecule has 0 unspecified atom stereocenters. The van der Waals surface area contributed by atoms with E-state index in [1.165, 1.54) is 11.8 Å². The molecule has 8 heteroatoms. The number of nitrogens with zero attached hydrogens (tertiary/aromatic N) is 2. The summed E-state index contributed by atoms with van der Waals surface area (Å²) in [5.74, 6) is -1.92. The van der Waals surface area contributed by atoms with Crippen molar-refractivity contribution in [1.82, 2.24) is 9.55 Å². The van der Waals surface area contributed by atoms with Gasteiger partial charge in [-0.15, -0.1) is 0 Å². The fourth-order valence-electron chi connectivity index (χ4n) is 2.37. The third-order valence-electron chi connectivity index (χ3n) is 3.62. The maximum absolute atomic E-state index is 13.8. The summed E-state index contributed by atoms with van der Waals surface area (Å²) in [4.78, 5) is 16.4. The molecule has 0 radical (unpaired) electrons. The molecule has 2 aromatic carbocycles. The Morgan fingerprint density at radius 2 is 2.00 bits per heavy atom. The van der Waals surface area contributed by atoms with E-state index in [4.69, 9.17) is 0 Å². The van der Waals surface area contributed by atoms with Crippen molar-refractivity contribution in [2.45, 2.75) is 5.16 Å². The number of rotatable bonds is 5. The van der Waals surface area contributed by atoms with Gasteiger partial charge in [0.15, 0.2) is 11.0 Å². The second-order valence-corrected chi connectivity index (χ2v) is 7.23. The predicted octanol–water partition coefficient (Wildman–Crippen LogP) is 4.86. The van der Waals surface area contributed by atoms with Crippen LogP contribution in [0.3, 0.4) is 0 Å². The number of imidazole rings is 1. The fourth-order valence-corrected chi connectivity index (χ4v) is 3.63.